The summed E-state index contributed by atoms with van der Waals surface area (Å²) in [6.45, 7) is 2.33. The van der Waals surface area contributed by atoms with Gasteiger partial charge < -0.3 is 15.6 Å². The topological polar surface area (TPSA) is 99.8 Å². The zero-order valence-electron chi connectivity index (χ0n) is 20.8. The predicted molar refractivity (Wildman–Crippen MR) is 142 cm³/mol. The van der Waals surface area contributed by atoms with Crippen LogP contribution in [-0.2, 0) is 0 Å². The number of nitrogens with one attached hydrogen (secondary N) is 3. The summed E-state index contributed by atoms with van der Waals surface area (Å²) in [5, 5.41) is 6.24. The first kappa shape index (κ1) is 22.2. The molecule has 7 rings (SSSR count). The molecule has 2 heterocycles. The van der Waals surface area contributed by atoms with E-state index in [0.29, 0.717) is 34.1 Å². The van der Waals surface area contributed by atoms with Crippen LogP contribution in [0, 0.1) is 17.3 Å². The number of pyridine rings is 1. The summed E-state index contributed by atoms with van der Waals surface area (Å²) >= 11 is 0. The van der Waals surface area contributed by atoms with Crippen molar-refractivity contribution in [1.82, 2.24) is 20.3 Å². The van der Waals surface area contributed by atoms with E-state index in [2.05, 4.69) is 27.5 Å². The molecule has 2 aromatic heterocycles. The number of carbonyl (C=O) groups is 2. The van der Waals surface area contributed by atoms with Gasteiger partial charge >= 0.3 is 0 Å². The minimum Gasteiger partial charge on any atom is -0.347 e. The van der Waals surface area contributed by atoms with Gasteiger partial charge in [-0.3, -0.25) is 9.59 Å². The fourth-order valence-electron chi connectivity index (χ4n) is 7.22. The smallest absolute Gasteiger partial charge is 0.256 e. The molecule has 7 nitrogen and oxygen atoms in total. The van der Waals surface area contributed by atoms with E-state index in [4.69, 9.17) is 4.98 Å². The number of aromatic nitrogens is 3. The number of amides is 2. The Labute approximate surface area is 215 Å². The van der Waals surface area contributed by atoms with Crippen LogP contribution in [0.3, 0.4) is 0 Å². The normalized spacial score (nSPS) is 27.5. The molecule has 37 heavy (non-hydrogen) atoms. The van der Waals surface area contributed by atoms with Crippen molar-refractivity contribution in [1.29, 1.82) is 0 Å². The van der Waals surface area contributed by atoms with Gasteiger partial charge in [0.2, 0.25) is 0 Å². The van der Waals surface area contributed by atoms with Crippen LogP contribution in [0.25, 0.3) is 22.4 Å². The SMILES string of the molecule is CC1CC2(NC(=O)c3ccc4nc(-c5ccc(C(=O)Nc6ccccn6)cc5)[nH]c4c3)CC3CC3(C1)C2. The quantitative estimate of drug-likeness (QED) is 0.340. The molecule has 3 aliphatic carbocycles. The highest BCUT2D eigenvalue weighted by Crippen LogP contribution is 2.73. The molecule has 4 aromatic rings. The molecule has 2 amide bonds. The molecular formula is C30H29N5O2. The van der Waals surface area contributed by atoms with Gasteiger partial charge in [0.05, 0.1) is 11.0 Å². The number of H-pyrrole nitrogens is 1. The number of hydrogen-bond donors (Lipinski definition) is 3. The molecule has 4 atom stereocenters. The monoisotopic (exact) mass is 491 g/mol. The minimum absolute atomic E-state index is 0.00636. The molecule has 4 unspecified atom stereocenters. The van der Waals surface area contributed by atoms with E-state index in [1.165, 1.54) is 12.8 Å². The molecule has 186 valence electrons. The van der Waals surface area contributed by atoms with Crippen LogP contribution in [0.1, 0.15) is 59.7 Å². The van der Waals surface area contributed by atoms with Gasteiger partial charge in [0.1, 0.15) is 11.6 Å². The lowest BCUT2D eigenvalue weighted by Crippen LogP contribution is -2.50. The summed E-state index contributed by atoms with van der Waals surface area (Å²) in [5.41, 5.74) is 4.16. The Bertz CT molecular complexity index is 1520. The molecule has 1 spiro atoms. The van der Waals surface area contributed by atoms with Gasteiger partial charge in [-0.25, -0.2) is 9.97 Å². The maximum absolute atomic E-state index is 13.3. The van der Waals surface area contributed by atoms with Crippen molar-refractivity contribution in [2.75, 3.05) is 5.32 Å². The van der Waals surface area contributed by atoms with Gasteiger partial charge in [0.25, 0.3) is 11.8 Å². The summed E-state index contributed by atoms with van der Waals surface area (Å²) in [7, 11) is 0. The van der Waals surface area contributed by atoms with Gasteiger partial charge in [-0.05, 0) is 91.8 Å². The Morgan fingerprint density at radius 3 is 2.59 bits per heavy atom. The van der Waals surface area contributed by atoms with Crippen molar-refractivity contribution in [3.63, 3.8) is 0 Å². The van der Waals surface area contributed by atoms with Crippen molar-refractivity contribution < 1.29 is 9.59 Å². The maximum Gasteiger partial charge on any atom is 0.256 e. The summed E-state index contributed by atoms with van der Waals surface area (Å²) < 4.78 is 0. The van der Waals surface area contributed by atoms with Crippen LogP contribution in [0.4, 0.5) is 5.82 Å². The third kappa shape index (κ3) is 3.89. The lowest BCUT2D eigenvalue weighted by Gasteiger charge is -2.40. The van der Waals surface area contributed by atoms with E-state index in [0.717, 1.165) is 41.8 Å². The number of fused-ring (bicyclic) bond motifs is 2. The van der Waals surface area contributed by atoms with Crippen LogP contribution < -0.4 is 10.6 Å². The zero-order chi connectivity index (χ0) is 25.2. The largest absolute Gasteiger partial charge is 0.347 e. The van der Waals surface area contributed by atoms with E-state index in [9.17, 15) is 9.59 Å². The average Bonchev–Trinajstić information content (AvgIpc) is 3.22. The summed E-state index contributed by atoms with van der Waals surface area (Å²) in [4.78, 5) is 38.0. The molecule has 3 saturated carbocycles. The molecule has 3 fully saturated rings. The molecule has 7 heteroatoms. The number of anilines is 1. The third-order valence-corrected chi connectivity index (χ3v) is 8.63. The van der Waals surface area contributed by atoms with Crippen LogP contribution in [0.15, 0.2) is 66.9 Å². The number of carbonyl (C=O) groups excluding carboxylic acids is 2. The molecule has 2 aromatic carbocycles. The van der Waals surface area contributed by atoms with E-state index < -0.39 is 0 Å². The van der Waals surface area contributed by atoms with Crippen LogP contribution >= 0.6 is 0 Å². The molecule has 0 saturated heterocycles. The Hall–Kier alpha value is -4.00. The zero-order valence-corrected chi connectivity index (χ0v) is 20.8. The van der Waals surface area contributed by atoms with Crippen molar-refractivity contribution in [2.45, 2.75) is 44.6 Å². The van der Waals surface area contributed by atoms with Gasteiger partial charge in [-0.15, -0.1) is 0 Å². The van der Waals surface area contributed by atoms with Gasteiger partial charge in [-0.2, -0.15) is 0 Å². The Kier molecular flexibility index (Phi) is 4.80. The second-order valence-corrected chi connectivity index (χ2v) is 11.5. The number of benzene rings is 2. The van der Waals surface area contributed by atoms with Crippen molar-refractivity contribution in [3.8, 4) is 11.4 Å². The second kappa shape index (κ2) is 8.00. The van der Waals surface area contributed by atoms with Gasteiger partial charge in [0, 0.05) is 28.4 Å². The van der Waals surface area contributed by atoms with E-state index >= 15 is 0 Å². The molecule has 0 aliphatic heterocycles. The number of nitrogens with zero attached hydrogens (tertiary/aromatic N) is 2. The Balaban J connectivity index is 1.07. The molecule has 3 N–H and O–H groups in total. The van der Waals surface area contributed by atoms with Crippen molar-refractivity contribution in [3.05, 3.63) is 78.0 Å². The Morgan fingerprint density at radius 1 is 0.946 bits per heavy atom. The summed E-state index contributed by atoms with van der Waals surface area (Å²) in [6, 6.07) is 18.3. The van der Waals surface area contributed by atoms with Crippen LogP contribution in [0.2, 0.25) is 0 Å². The molecule has 2 bridgehead atoms. The van der Waals surface area contributed by atoms with Crippen LogP contribution in [0.5, 0.6) is 0 Å². The highest BCUT2D eigenvalue weighted by molar-refractivity contribution is 6.04. The fourth-order valence-corrected chi connectivity index (χ4v) is 7.22. The predicted octanol–water partition coefficient (Wildman–Crippen LogP) is 5.58. The van der Waals surface area contributed by atoms with Crippen molar-refractivity contribution >= 4 is 28.7 Å². The van der Waals surface area contributed by atoms with Crippen molar-refractivity contribution in [2.24, 2.45) is 17.3 Å². The average molecular weight is 492 g/mol. The lowest BCUT2D eigenvalue weighted by molar-refractivity contribution is 0.0830. The summed E-state index contributed by atoms with van der Waals surface area (Å²) in [6.07, 6.45) is 7.69. The first-order valence-corrected chi connectivity index (χ1v) is 13.1. The third-order valence-electron chi connectivity index (χ3n) is 8.63. The van der Waals surface area contributed by atoms with Crippen LogP contribution in [-0.4, -0.2) is 32.3 Å². The maximum atomic E-state index is 13.3. The fraction of sp³-hybridized carbons (Fsp3) is 0.333. The van der Waals surface area contributed by atoms with Gasteiger partial charge in [-0.1, -0.05) is 25.1 Å². The number of imidazole rings is 1. The van der Waals surface area contributed by atoms with E-state index in [-0.39, 0.29) is 17.4 Å². The minimum atomic E-state index is -0.220. The lowest BCUT2D eigenvalue weighted by atomic mass is 9.72. The Morgan fingerprint density at radius 2 is 1.78 bits per heavy atom. The highest BCUT2D eigenvalue weighted by Gasteiger charge is 2.67. The first-order valence-electron chi connectivity index (χ1n) is 13.1. The molecule has 3 aliphatic rings. The molecule has 0 radical (unpaired) electrons. The standard InChI is InChI=1S/C30H29N5O2/c1-18-13-29-15-22(29)16-30(14-18,17-29)35-28(37)21-9-10-23-24(12-21)33-26(32-23)19-5-7-20(8-6-19)27(36)34-25-4-2-3-11-31-25/h2-12,18,22H,13-17H2,1H3,(H,32,33)(H,35,37)(H,31,34,36). The number of hydrogen-bond acceptors (Lipinski definition) is 4. The first-order chi connectivity index (χ1) is 17.9. The summed E-state index contributed by atoms with van der Waals surface area (Å²) in [5.74, 6) is 2.47. The van der Waals surface area contributed by atoms with E-state index in [1.807, 2.05) is 36.4 Å². The number of aromatic amines is 1. The highest BCUT2D eigenvalue weighted by atomic mass is 16.2. The van der Waals surface area contributed by atoms with E-state index in [1.54, 1.807) is 30.5 Å². The second-order valence-electron chi connectivity index (χ2n) is 11.5. The van der Waals surface area contributed by atoms with Gasteiger partial charge in [0.15, 0.2) is 0 Å². The molecular weight excluding hydrogens is 462 g/mol. The number of rotatable bonds is 5.